The van der Waals surface area contributed by atoms with Crippen molar-refractivity contribution in [1.29, 1.82) is 0 Å². The average Bonchev–Trinajstić information content (AvgIpc) is 2.66. The van der Waals surface area contributed by atoms with Gasteiger partial charge in [-0.15, -0.1) is 0 Å². The van der Waals surface area contributed by atoms with Crippen molar-refractivity contribution in [2.75, 3.05) is 0 Å². The van der Waals surface area contributed by atoms with E-state index in [1.807, 2.05) is 0 Å². The van der Waals surface area contributed by atoms with Gasteiger partial charge in [0.2, 0.25) is 23.6 Å². The van der Waals surface area contributed by atoms with Gasteiger partial charge in [-0.25, -0.2) is 4.79 Å². The zero-order chi connectivity index (χ0) is 25.9. The van der Waals surface area contributed by atoms with Crippen LogP contribution in [0.25, 0.3) is 0 Å². The molecule has 0 aliphatic heterocycles. The summed E-state index contributed by atoms with van der Waals surface area (Å²) in [5.41, 5.74) is 10.5. The second-order valence-corrected chi connectivity index (χ2v) is 8.03. The molecule has 0 aromatic carbocycles. The molecule has 0 aromatic rings. The first-order chi connectivity index (χ1) is 15.1. The van der Waals surface area contributed by atoms with Crippen LogP contribution in [0.5, 0.6) is 0 Å². The molecule has 14 heteroatoms. The van der Waals surface area contributed by atoms with Gasteiger partial charge in [0.1, 0.15) is 18.1 Å². The fourth-order valence-corrected chi connectivity index (χ4v) is 2.74. The third-order valence-corrected chi connectivity index (χ3v) is 4.42. The van der Waals surface area contributed by atoms with E-state index in [0.717, 1.165) is 0 Å². The third kappa shape index (κ3) is 11.8. The van der Waals surface area contributed by atoms with Crippen LogP contribution in [0.2, 0.25) is 0 Å². The van der Waals surface area contributed by atoms with Gasteiger partial charge in [0.15, 0.2) is 0 Å². The summed E-state index contributed by atoms with van der Waals surface area (Å²) in [6, 6.07) is -5.65. The Labute approximate surface area is 190 Å². The van der Waals surface area contributed by atoms with Gasteiger partial charge in [0, 0.05) is 6.42 Å². The number of carboxylic acid groups (broad SMARTS) is 2. The molecule has 0 saturated carbocycles. The summed E-state index contributed by atoms with van der Waals surface area (Å²) < 4.78 is 0. The number of aliphatic hydroxyl groups is 1. The van der Waals surface area contributed by atoms with Gasteiger partial charge in [-0.3, -0.25) is 24.0 Å². The number of hydrogen-bond donors (Lipinski definition) is 8. The fourth-order valence-electron chi connectivity index (χ4n) is 2.74. The molecule has 33 heavy (non-hydrogen) atoms. The summed E-state index contributed by atoms with van der Waals surface area (Å²) in [5.74, 6) is -6.44. The number of nitrogens with one attached hydrogen (secondary N) is 3. The number of carboxylic acids is 2. The first-order valence-electron chi connectivity index (χ1n) is 10.2. The predicted octanol–water partition coefficient (Wildman–Crippen LogP) is -2.98. The number of nitrogens with two attached hydrogens (primary N) is 2. The van der Waals surface area contributed by atoms with Crippen molar-refractivity contribution in [3.8, 4) is 0 Å². The largest absolute Gasteiger partial charge is 0.481 e. The van der Waals surface area contributed by atoms with Crippen molar-refractivity contribution in [3.05, 3.63) is 0 Å². The molecule has 0 aliphatic carbocycles. The van der Waals surface area contributed by atoms with E-state index < -0.39 is 78.7 Å². The lowest BCUT2D eigenvalue weighted by molar-refractivity contribution is -0.143. The first kappa shape index (κ1) is 29.7. The Morgan fingerprint density at radius 2 is 1.39 bits per heavy atom. The molecule has 0 aromatic heterocycles. The van der Waals surface area contributed by atoms with E-state index in [9.17, 15) is 39.0 Å². The first-order valence-corrected chi connectivity index (χ1v) is 10.2. The average molecular weight is 475 g/mol. The molecule has 0 bridgehead atoms. The van der Waals surface area contributed by atoms with E-state index in [1.165, 1.54) is 6.92 Å². The van der Waals surface area contributed by atoms with Gasteiger partial charge in [-0.1, -0.05) is 13.8 Å². The van der Waals surface area contributed by atoms with Crippen LogP contribution in [0, 0.1) is 5.92 Å². The number of aliphatic hydroxyl groups excluding tert-OH is 1. The molecule has 0 spiro atoms. The van der Waals surface area contributed by atoms with Crippen molar-refractivity contribution >= 4 is 35.6 Å². The number of rotatable bonds is 15. The molecule has 188 valence electrons. The van der Waals surface area contributed by atoms with Gasteiger partial charge in [0.25, 0.3) is 0 Å². The van der Waals surface area contributed by atoms with E-state index in [-0.39, 0.29) is 18.8 Å². The van der Waals surface area contributed by atoms with E-state index >= 15 is 0 Å². The molecular formula is C19H33N5O9. The highest BCUT2D eigenvalue weighted by atomic mass is 16.4. The highest BCUT2D eigenvalue weighted by Crippen LogP contribution is 2.08. The lowest BCUT2D eigenvalue weighted by atomic mass is 10.0. The minimum absolute atomic E-state index is 0.0739. The molecule has 10 N–H and O–H groups in total. The van der Waals surface area contributed by atoms with Gasteiger partial charge >= 0.3 is 11.9 Å². The minimum Gasteiger partial charge on any atom is -0.481 e. The SMILES string of the molecule is CC(C)CC(NC(=O)C(NC(=O)C(N)CC(N)=O)C(C)O)C(=O)NC(CCC(=O)O)C(=O)O. The quantitative estimate of drug-likeness (QED) is 0.119. The highest BCUT2D eigenvalue weighted by molar-refractivity contribution is 5.95. The molecule has 0 rings (SSSR count). The van der Waals surface area contributed by atoms with Crippen LogP contribution >= 0.6 is 0 Å². The predicted molar refractivity (Wildman–Crippen MR) is 113 cm³/mol. The summed E-state index contributed by atoms with van der Waals surface area (Å²) in [6.07, 6.45) is -2.71. The van der Waals surface area contributed by atoms with Crippen LogP contribution in [-0.4, -0.2) is 81.2 Å². The number of amides is 4. The van der Waals surface area contributed by atoms with Gasteiger partial charge in [0.05, 0.1) is 18.6 Å². The van der Waals surface area contributed by atoms with Crippen LogP contribution in [0.4, 0.5) is 0 Å². The topological polar surface area (TPSA) is 251 Å². The minimum atomic E-state index is -1.54. The van der Waals surface area contributed by atoms with Crippen molar-refractivity contribution in [1.82, 2.24) is 16.0 Å². The van der Waals surface area contributed by atoms with Crippen molar-refractivity contribution in [2.24, 2.45) is 17.4 Å². The monoisotopic (exact) mass is 475 g/mol. The van der Waals surface area contributed by atoms with Crippen molar-refractivity contribution in [3.63, 3.8) is 0 Å². The Bertz CT molecular complexity index is 741. The van der Waals surface area contributed by atoms with Gasteiger partial charge in [-0.05, 0) is 25.7 Å². The number of carbonyl (C=O) groups excluding carboxylic acids is 4. The van der Waals surface area contributed by atoms with E-state index in [4.69, 9.17) is 16.6 Å². The number of aliphatic carboxylic acids is 2. The Kier molecular flexibility index (Phi) is 12.6. The van der Waals surface area contributed by atoms with E-state index in [0.29, 0.717) is 0 Å². The smallest absolute Gasteiger partial charge is 0.326 e. The molecule has 5 atom stereocenters. The summed E-state index contributed by atoms with van der Waals surface area (Å²) in [6.45, 7) is 4.68. The fraction of sp³-hybridized carbons (Fsp3) is 0.684. The summed E-state index contributed by atoms with van der Waals surface area (Å²) in [4.78, 5) is 70.5. The second-order valence-electron chi connectivity index (χ2n) is 8.03. The lowest BCUT2D eigenvalue weighted by Gasteiger charge is -2.27. The van der Waals surface area contributed by atoms with Crippen LogP contribution in [0.3, 0.4) is 0 Å². The molecule has 0 saturated heterocycles. The maximum absolute atomic E-state index is 12.7. The normalized spacial score (nSPS) is 15.5. The Morgan fingerprint density at radius 3 is 1.82 bits per heavy atom. The standard InChI is InChI=1S/C19H33N5O9/c1-8(2)6-12(17(30)22-11(19(32)33)4-5-14(27)28)23-18(31)15(9(3)25)24-16(29)10(20)7-13(21)26/h8-12,15,25H,4-7,20H2,1-3H3,(H2,21,26)(H,22,30)(H,23,31)(H,24,29)(H,27,28)(H,32,33). The third-order valence-electron chi connectivity index (χ3n) is 4.42. The molecule has 0 fully saturated rings. The maximum Gasteiger partial charge on any atom is 0.326 e. The van der Waals surface area contributed by atoms with Crippen LogP contribution < -0.4 is 27.4 Å². The Morgan fingerprint density at radius 1 is 0.848 bits per heavy atom. The molecule has 0 aliphatic rings. The number of primary amides is 1. The molecule has 14 nitrogen and oxygen atoms in total. The van der Waals surface area contributed by atoms with Crippen molar-refractivity contribution < 1.29 is 44.1 Å². The Hall–Kier alpha value is -3.26. The molecule has 5 unspecified atom stereocenters. The van der Waals surface area contributed by atoms with Crippen LogP contribution in [0.1, 0.15) is 46.5 Å². The second kappa shape index (κ2) is 14.0. The Balaban J connectivity index is 5.45. The molecular weight excluding hydrogens is 442 g/mol. The molecule has 0 heterocycles. The van der Waals surface area contributed by atoms with Crippen molar-refractivity contribution in [2.45, 2.75) is 76.7 Å². The van der Waals surface area contributed by atoms with Crippen LogP contribution in [0.15, 0.2) is 0 Å². The zero-order valence-corrected chi connectivity index (χ0v) is 18.7. The van der Waals surface area contributed by atoms with E-state index in [1.54, 1.807) is 13.8 Å². The van der Waals surface area contributed by atoms with Crippen LogP contribution in [-0.2, 0) is 28.8 Å². The zero-order valence-electron chi connectivity index (χ0n) is 18.7. The van der Waals surface area contributed by atoms with Gasteiger partial charge < -0.3 is 42.7 Å². The summed E-state index contributed by atoms with van der Waals surface area (Å²) >= 11 is 0. The molecule has 0 radical (unpaired) electrons. The number of carbonyl (C=O) groups is 6. The highest BCUT2D eigenvalue weighted by Gasteiger charge is 2.33. The van der Waals surface area contributed by atoms with Gasteiger partial charge in [-0.2, -0.15) is 0 Å². The number of hydrogen-bond acceptors (Lipinski definition) is 8. The summed E-state index contributed by atoms with van der Waals surface area (Å²) in [5, 5.41) is 34.6. The lowest BCUT2D eigenvalue weighted by Crippen LogP contribution is -2.60. The van der Waals surface area contributed by atoms with E-state index in [2.05, 4.69) is 16.0 Å². The maximum atomic E-state index is 12.7. The molecule has 4 amide bonds. The summed E-state index contributed by atoms with van der Waals surface area (Å²) in [7, 11) is 0.